The van der Waals surface area contributed by atoms with Gasteiger partial charge in [-0.25, -0.2) is 9.78 Å². The molecule has 4 aromatic rings. The van der Waals surface area contributed by atoms with Gasteiger partial charge in [-0.1, -0.05) is 55.0 Å². The highest BCUT2D eigenvalue weighted by atomic mass is 16.5. The van der Waals surface area contributed by atoms with Crippen LogP contribution in [0.15, 0.2) is 72.9 Å². The lowest BCUT2D eigenvalue weighted by Gasteiger charge is -2.14. The van der Waals surface area contributed by atoms with E-state index in [4.69, 9.17) is 10.5 Å². The van der Waals surface area contributed by atoms with E-state index in [1.54, 1.807) is 18.3 Å². The number of esters is 1. The summed E-state index contributed by atoms with van der Waals surface area (Å²) in [4.78, 5) is 31.1. The molecule has 0 aliphatic carbocycles. The average molecular weight is 473 g/mol. The summed E-state index contributed by atoms with van der Waals surface area (Å²) in [5, 5.41) is 14.1. The fourth-order valence-corrected chi connectivity index (χ4v) is 3.98. The molecule has 4 rings (SSSR count). The van der Waals surface area contributed by atoms with Gasteiger partial charge in [-0.2, -0.15) is 0 Å². The van der Waals surface area contributed by atoms with Crippen LogP contribution in [0, 0.1) is 0 Å². The van der Waals surface area contributed by atoms with E-state index in [9.17, 15) is 14.7 Å². The van der Waals surface area contributed by atoms with Crippen molar-refractivity contribution in [3.63, 3.8) is 0 Å². The van der Waals surface area contributed by atoms with Crippen LogP contribution in [-0.2, 0) is 16.1 Å². The number of amides is 1. The first-order chi connectivity index (χ1) is 17.0. The number of imidazole rings is 1. The molecule has 8 nitrogen and oxygen atoms in total. The Balaban J connectivity index is 1.31. The summed E-state index contributed by atoms with van der Waals surface area (Å²) in [6.07, 6.45) is 2.54. The molecule has 0 unspecified atom stereocenters. The normalized spacial score (nSPS) is 11.8. The van der Waals surface area contributed by atoms with Gasteiger partial charge in [0.15, 0.2) is 0 Å². The zero-order valence-corrected chi connectivity index (χ0v) is 19.2. The van der Waals surface area contributed by atoms with Crippen molar-refractivity contribution in [3.05, 3.63) is 84.3 Å². The zero-order valence-electron chi connectivity index (χ0n) is 19.2. The number of ether oxygens (including phenoxy) is 1. The number of unbranched alkanes of at least 4 members (excludes halogenated alkanes) is 1. The smallest absolute Gasteiger partial charge is 0.405 e. The van der Waals surface area contributed by atoms with Crippen LogP contribution >= 0.6 is 0 Å². The van der Waals surface area contributed by atoms with E-state index in [-0.39, 0.29) is 19.0 Å². The number of hydrogen-bond acceptors (Lipinski definition) is 5. The van der Waals surface area contributed by atoms with Crippen molar-refractivity contribution in [1.82, 2.24) is 15.3 Å². The van der Waals surface area contributed by atoms with Gasteiger partial charge >= 0.3 is 12.1 Å². The summed E-state index contributed by atoms with van der Waals surface area (Å²) in [5.74, 6) is 0.242. The van der Waals surface area contributed by atoms with Crippen LogP contribution in [0.25, 0.3) is 22.0 Å². The first kappa shape index (κ1) is 23.8. The number of carbonyl (C=O) groups is 2. The minimum absolute atomic E-state index is 0.178. The molecule has 1 aromatic heterocycles. The first-order valence-electron chi connectivity index (χ1n) is 11.5. The number of nitrogens with two attached hydrogens (primary N) is 1. The Kier molecular flexibility index (Phi) is 7.62. The van der Waals surface area contributed by atoms with Crippen LogP contribution in [0.3, 0.4) is 0 Å². The minimum atomic E-state index is -1.12. The number of H-pyrrole nitrogens is 1. The van der Waals surface area contributed by atoms with Crippen molar-refractivity contribution in [3.8, 4) is 11.3 Å². The van der Waals surface area contributed by atoms with Gasteiger partial charge in [0.05, 0.1) is 17.9 Å². The number of aromatic nitrogens is 2. The standard InChI is InChI=1S/C27H28N4O4/c28-22-9-5-6-18(14-22)17-35-25(32)11-4-3-10-23(31-27(33)34)26-29-16-24(30-26)21-13-12-19-7-1-2-8-20(19)15-21/h1-2,5-9,12-16,23,31H,3-4,10-11,17,28H2,(H,29,30)(H,33,34)/t23-/m0/s1. The van der Waals surface area contributed by atoms with Crippen molar-refractivity contribution in [2.45, 2.75) is 38.3 Å². The van der Waals surface area contributed by atoms with Crippen LogP contribution in [0.1, 0.15) is 43.1 Å². The maximum absolute atomic E-state index is 12.1. The number of rotatable bonds is 10. The Hall–Kier alpha value is -4.33. The predicted molar refractivity (Wildman–Crippen MR) is 135 cm³/mol. The summed E-state index contributed by atoms with van der Waals surface area (Å²) < 4.78 is 5.30. The van der Waals surface area contributed by atoms with Gasteiger partial charge in [-0.3, -0.25) is 4.79 Å². The fraction of sp³-hybridized carbons (Fsp3) is 0.222. The molecule has 0 saturated carbocycles. The van der Waals surface area contributed by atoms with Gasteiger partial charge in [-0.05, 0) is 47.4 Å². The van der Waals surface area contributed by atoms with Gasteiger partial charge in [0, 0.05) is 17.7 Å². The van der Waals surface area contributed by atoms with Crippen LogP contribution in [-0.4, -0.2) is 27.1 Å². The zero-order chi connectivity index (χ0) is 24.6. The van der Waals surface area contributed by atoms with E-state index < -0.39 is 12.1 Å². The lowest BCUT2D eigenvalue weighted by molar-refractivity contribution is -0.145. The second kappa shape index (κ2) is 11.2. The highest BCUT2D eigenvalue weighted by Crippen LogP contribution is 2.25. The van der Waals surface area contributed by atoms with Crippen molar-refractivity contribution in [1.29, 1.82) is 0 Å². The number of aromatic amines is 1. The van der Waals surface area contributed by atoms with Crippen LogP contribution < -0.4 is 11.1 Å². The maximum atomic E-state index is 12.1. The number of nitrogens with zero attached hydrogens (tertiary/aromatic N) is 1. The monoisotopic (exact) mass is 472 g/mol. The lowest BCUT2D eigenvalue weighted by Crippen LogP contribution is -2.27. The molecule has 180 valence electrons. The van der Waals surface area contributed by atoms with E-state index in [0.29, 0.717) is 30.8 Å². The summed E-state index contributed by atoms with van der Waals surface area (Å²) >= 11 is 0. The highest BCUT2D eigenvalue weighted by molar-refractivity contribution is 5.86. The maximum Gasteiger partial charge on any atom is 0.405 e. The summed E-state index contributed by atoms with van der Waals surface area (Å²) in [6.45, 7) is 0.178. The van der Waals surface area contributed by atoms with Crippen molar-refractivity contribution in [2.24, 2.45) is 0 Å². The molecule has 0 saturated heterocycles. The SMILES string of the molecule is Nc1cccc(COC(=O)CCCC[C@H](NC(=O)O)c2ncc(-c3ccc4ccccc4c3)[nH]2)c1. The third kappa shape index (κ3) is 6.60. The third-order valence-electron chi connectivity index (χ3n) is 5.76. The van der Waals surface area contributed by atoms with E-state index in [1.165, 1.54) is 0 Å². The number of nitrogens with one attached hydrogen (secondary N) is 2. The molecule has 1 amide bonds. The number of hydrogen-bond donors (Lipinski definition) is 4. The third-order valence-corrected chi connectivity index (χ3v) is 5.76. The molecule has 3 aromatic carbocycles. The molecule has 0 spiro atoms. The largest absolute Gasteiger partial charge is 0.465 e. The number of anilines is 1. The second-order valence-corrected chi connectivity index (χ2v) is 8.40. The van der Waals surface area contributed by atoms with Gasteiger partial charge in [-0.15, -0.1) is 0 Å². The molecule has 0 radical (unpaired) electrons. The quantitative estimate of drug-likeness (QED) is 0.138. The Labute approximate surface area is 203 Å². The first-order valence-corrected chi connectivity index (χ1v) is 11.5. The molecule has 35 heavy (non-hydrogen) atoms. The molecule has 0 fully saturated rings. The van der Waals surface area contributed by atoms with Crippen LogP contribution in [0.5, 0.6) is 0 Å². The molecule has 0 bridgehead atoms. The van der Waals surface area contributed by atoms with E-state index in [0.717, 1.165) is 27.6 Å². The fourth-order valence-electron chi connectivity index (χ4n) is 3.98. The molecule has 1 atom stereocenters. The Morgan fingerprint density at radius 3 is 2.66 bits per heavy atom. The number of carbonyl (C=O) groups excluding carboxylic acids is 1. The Bertz CT molecular complexity index is 1320. The van der Waals surface area contributed by atoms with E-state index in [2.05, 4.69) is 27.4 Å². The number of benzene rings is 3. The minimum Gasteiger partial charge on any atom is -0.465 e. The summed E-state index contributed by atoms with van der Waals surface area (Å²) in [6, 6.07) is 20.9. The summed E-state index contributed by atoms with van der Waals surface area (Å²) in [7, 11) is 0. The van der Waals surface area contributed by atoms with Crippen molar-refractivity contribution in [2.75, 3.05) is 5.73 Å². The van der Waals surface area contributed by atoms with Gasteiger partial charge < -0.3 is 25.9 Å². The Morgan fingerprint density at radius 2 is 1.86 bits per heavy atom. The molecule has 8 heteroatoms. The van der Waals surface area contributed by atoms with Gasteiger partial charge in [0.2, 0.25) is 0 Å². The van der Waals surface area contributed by atoms with Crippen LogP contribution in [0.4, 0.5) is 10.5 Å². The van der Waals surface area contributed by atoms with E-state index >= 15 is 0 Å². The number of fused-ring (bicyclic) bond motifs is 1. The average Bonchev–Trinajstić information content (AvgIpc) is 3.34. The number of carboxylic acid groups (broad SMARTS) is 1. The summed E-state index contributed by atoms with van der Waals surface area (Å²) in [5.41, 5.74) is 8.98. The second-order valence-electron chi connectivity index (χ2n) is 8.40. The van der Waals surface area contributed by atoms with Crippen molar-refractivity contribution >= 4 is 28.5 Å². The molecule has 0 aliphatic rings. The highest BCUT2D eigenvalue weighted by Gasteiger charge is 2.18. The lowest BCUT2D eigenvalue weighted by atomic mass is 10.1. The van der Waals surface area contributed by atoms with Gasteiger partial charge in [0.25, 0.3) is 0 Å². The number of nitrogen functional groups attached to an aromatic ring is 1. The molecule has 0 aliphatic heterocycles. The predicted octanol–water partition coefficient (Wildman–Crippen LogP) is 5.42. The van der Waals surface area contributed by atoms with Gasteiger partial charge in [0.1, 0.15) is 12.4 Å². The molecule has 1 heterocycles. The topological polar surface area (TPSA) is 130 Å². The molecule has 5 N–H and O–H groups in total. The van der Waals surface area contributed by atoms with Crippen molar-refractivity contribution < 1.29 is 19.4 Å². The molecular formula is C27H28N4O4. The van der Waals surface area contributed by atoms with E-state index in [1.807, 2.05) is 42.5 Å². The Morgan fingerprint density at radius 1 is 1.03 bits per heavy atom. The van der Waals surface area contributed by atoms with Crippen LogP contribution in [0.2, 0.25) is 0 Å². The molecular weight excluding hydrogens is 444 g/mol.